The Morgan fingerprint density at radius 3 is 2.28 bits per heavy atom. The van der Waals surface area contributed by atoms with Crippen molar-refractivity contribution in [2.45, 2.75) is 13.8 Å². The van der Waals surface area contributed by atoms with Crippen molar-refractivity contribution in [3.05, 3.63) is 95.2 Å². The predicted molar refractivity (Wildman–Crippen MR) is 123 cm³/mol. The Morgan fingerprint density at radius 2 is 1.66 bits per heavy atom. The average molecular weight is 448 g/mol. The fourth-order valence-electron chi connectivity index (χ4n) is 2.79. The SMILES string of the molecule is Cc1ccc(/C=C/S(=O)(=O)Nc2ccc(Oc3ccc(-n4ccc(C)n4)nn3)cc2)cc1. The van der Waals surface area contributed by atoms with Gasteiger partial charge in [-0.2, -0.15) is 5.10 Å². The largest absolute Gasteiger partial charge is 0.438 e. The van der Waals surface area contributed by atoms with Gasteiger partial charge in [-0.15, -0.1) is 10.2 Å². The molecule has 32 heavy (non-hydrogen) atoms. The number of nitrogens with zero attached hydrogens (tertiary/aromatic N) is 4. The van der Waals surface area contributed by atoms with Gasteiger partial charge in [-0.05, 0) is 61.9 Å². The molecule has 0 fully saturated rings. The van der Waals surface area contributed by atoms with E-state index in [9.17, 15) is 8.42 Å². The van der Waals surface area contributed by atoms with E-state index in [0.29, 0.717) is 23.1 Å². The second-order valence-electron chi connectivity index (χ2n) is 7.12. The zero-order valence-electron chi connectivity index (χ0n) is 17.5. The summed E-state index contributed by atoms with van der Waals surface area (Å²) in [4.78, 5) is 0. The first-order valence-electron chi connectivity index (χ1n) is 9.78. The monoisotopic (exact) mass is 447 g/mol. The first kappa shape index (κ1) is 21.3. The highest BCUT2D eigenvalue weighted by Crippen LogP contribution is 2.22. The number of aryl methyl sites for hydroxylation is 2. The van der Waals surface area contributed by atoms with Crippen LogP contribution in [-0.4, -0.2) is 28.4 Å². The Bertz CT molecular complexity index is 1330. The van der Waals surface area contributed by atoms with E-state index in [4.69, 9.17) is 4.74 Å². The molecule has 1 N–H and O–H groups in total. The summed E-state index contributed by atoms with van der Waals surface area (Å²) in [5.41, 5.74) is 3.22. The zero-order chi connectivity index (χ0) is 22.6. The van der Waals surface area contributed by atoms with E-state index in [-0.39, 0.29) is 0 Å². The zero-order valence-corrected chi connectivity index (χ0v) is 18.3. The minimum Gasteiger partial charge on any atom is -0.438 e. The lowest BCUT2D eigenvalue weighted by Crippen LogP contribution is -2.08. The summed E-state index contributed by atoms with van der Waals surface area (Å²) in [5, 5.41) is 13.6. The van der Waals surface area contributed by atoms with E-state index in [0.717, 1.165) is 22.2 Å². The van der Waals surface area contributed by atoms with E-state index < -0.39 is 10.0 Å². The second kappa shape index (κ2) is 9.03. The summed E-state index contributed by atoms with van der Waals surface area (Å²) < 4.78 is 34.4. The summed E-state index contributed by atoms with van der Waals surface area (Å²) in [5.74, 6) is 1.39. The van der Waals surface area contributed by atoms with Gasteiger partial charge >= 0.3 is 0 Å². The molecule has 8 nitrogen and oxygen atoms in total. The fourth-order valence-corrected chi connectivity index (χ4v) is 3.66. The molecule has 0 aliphatic carbocycles. The minimum absolute atomic E-state index is 0.312. The number of benzene rings is 2. The molecule has 4 aromatic rings. The van der Waals surface area contributed by atoms with Crippen molar-refractivity contribution in [1.82, 2.24) is 20.0 Å². The molecule has 2 aromatic heterocycles. The molecule has 0 aliphatic heterocycles. The Balaban J connectivity index is 1.38. The van der Waals surface area contributed by atoms with Crippen LogP contribution >= 0.6 is 0 Å². The lowest BCUT2D eigenvalue weighted by molar-refractivity contribution is 0.454. The first-order chi connectivity index (χ1) is 15.4. The van der Waals surface area contributed by atoms with E-state index >= 15 is 0 Å². The summed E-state index contributed by atoms with van der Waals surface area (Å²) >= 11 is 0. The molecule has 0 radical (unpaired) electrons. The normalized spacial score (nSPS) is 11.6. The molecule has 0 saturated carbocycles. The molecule has 2 aromatic carbocycles. The van der Waals surface area contributed by atoms with Crippen LogP contribution in [0.4, 0.5) is 5.69 Å². The van der Waals surface area contributed by atoms with Crippen LogP contribution in [0, 0.1) is 13.8 Å². The number of anilines is 1. The lowest BCUT2D eigenvalue weighted by Gasteiger charge is -2.07. The topological polar surface area (TPSA) is 99.0 Å². The third-order valence-corrected chi connectivity index (χ3v) is 5.45. The molecule has 0 aliphatic rings. The van der Waals surface area contributed by atoms with E-state index in [1.165, 1.54) is 0 Å². The van der Waals surface area contributed by atoms with E-state index in [1.54, 1.807) is 53.4 Å². The van der Waals surface area contributed by atoms with Crippen molar-refractivity contribution < 1.29 is 13.2 Å². The lowest BCUT2D eigenvalue weighted by atomic mass is 10.2. The Morgan fingerprint density at radius 1 is 0.906 bits per heavy atom. The number of rotatable bonds is 7. The summed E-state index contributed by atoms with van der Waals surface area (Å²) in [6.07, 6.45) is 3.35. The van der Waals surface area contributed by atoms with Crippen LogP contribution in [0.2, 0.25) is 0 Å². The third kappa shape index (κ3) is 5.58. The maximum absolute atomic E-state index is 12.3. The Kier molecular flexibility index (Phi) is 6.00. The average Bonchev–Trinajstić information content (AvgIpc) is 3.21. The standard InChI is InChI=1S/C23H21N5O3S/c1-17-3-5-19(6-4-17)14-16-32(29,30)27-20-7-9-21(10-8-20)31-23-12-11-22(24-25-23)28-15-13-18(2)26-28/h3-16,27H,1-2H3/b16-14+. The number of ether oxygens (including phenoxy) is 1. The molecular weight excluding hydrogens is 426 g/mol. The predicted octanol–water partition coefficient (Wildman–Crippen LogP) is 4.48. The maximum Gasteiger partial charge on any atom is 0.255 e. The maximum atomic E-state index is 12.3. The van der Waals surface area contributed by atoms with Gasteiger partial charge in [0.2, 0.25) is 5.88 Å². The van der Waals surface area contributed by atoms with Crippen LogP contribution in [0.25, 0.3) is 11.9 Å². The highest BCUT2D eigenvalue weighted by molar-refractivity contribution is 7.95. The molecule has 0 atom stereocenters. The van der Waals surface area contributed by atoms with Gasteiger partial charge in [-0.3, -0.25) is 4.72 Å². The highest BCUT2D eigenvalue weighted by Gasteiger charge is 2.07. The van der Waals surface area contributed by atoms with Gasteiger partial charge in [-0.1, -0.05) is 29.8 Å². The van der Waals surface area contributed by atoms with Crippen LogP contribution in [0.3, 0.4) is 0 Å². The molecule has 0 spiro atoms. The highest BCUT2D eigenvalue weighted by atomic mass is 32.2. The number of hydrogen-bond acceptors (Lipinski definition) is 6. The fraction of sp³-hybridized carbons (Fsp3) is 0.0870. The van der Waals surface area contributed by atoms with E-state index in [2.05, 4.69) is 20.0 Å². The Hall–Kier alpha value is -3.98. The minimum atomic E-state index is -3.65. The van der Waals surface area contributed by atoms with Gasteiger partial charge < -0.3 is 4.74 Å². The molecule has 9 heteroatoms. The smallest absolute Gasteiger partial charge is 0.255 e. The van der Waals surface area contributed by atoms with Gasteiger partial charge in [0.05, 0.1) is 11.1 Å². The Labute approximate surface area is 186 Å². The molecule has 0 bridgehead atoms. The molecule has 162 valence electrons. The van der Waals surface area contributed by atoms with Crippen molar-refractivity contribution in [2.75, 3.05) is 4.72 Å². The van der Waals surface area contributed by atoms with Crippen LogP contribution in [-0.2, 0) is 10.0 Å². The molecule has 0 saturated heterocycles. The number of nitrogens with one attached hydrogen (secondary N) is 1. The van der Waals surface area contributed by atoms with Crippen molar-refractivity contribution in [2.24, 2.45) is 0 Å². The molecule has 0 unspecified atom stereocenters. The quantitative estimate of drug-likeness (QED) is 0.448. The summed E-state index contributed by atoms with van der Waals surface area (Å²) in [6.45, 7) is 3.87. The second-order valence-corrected chi connectivity index (χ2v) is 8.68. The molecule has 0 amide bonds. The van der Waals surface area contributed by atoms with Gasteiger partial charge in [0.25, 0.3) is 10.0 Å². The van der Waals surface area contributed by atoms with Gasteiger partial charge in [0.15, 0.2) is 5.82 Å². The van der Waals surface area contributed by atoms with Gasteiger partial charge in [0.1, 0.15) is 5.75 Å². The van der Waals surface area contributed by atoms with Crippen LogP contribution < -0.4 is 9.46 Å². The van der Waals surface area contributed by atoms with E-state index in [1.807, 2.05) is 44.2 Å². The third-order valence-electron chi connectivity index (χ3n) is 4.44. The summed E-state index contributed by atoms with van der Waals surface area (Å²) in [6, 6.07) is 19.4. The van der Waals surface area contributed by atoms with Gasteiger partial charge in [0, 0.05) is 18.0 Å². The number of aromatic nitrogens is 4. The van der Waals surface area contributed by atoms with Crippen molar-refractivity contribution >= 4 is 21.8 Å². The van der Waals surface area contributed by atoms with Crippen LogP contribution in [0.15, 0.2) is 78.3 Å². The molecule has 4 rings (SSSR count). The van der Waals surface area contributed by atoms with Crippen molar-refractivity contribution in [3.63, 3.8) is 0 Å². The van der Waals surface area contributed by atoms with Crippen LogP contribution in [0.1, 0.15) is 16.8 Å². The molecular formula is C23H21N5O3S. The molecule has 2 heterocycles. The van der Waals surface area contributed by atoms with Crippen molar-refractivity contribution in [3.8, 4) is 17.4 Å². The van der Waals surface area contributed by atoms with Crippen LogP contribution in [0.5, 0.6) is 11.6 Å². The first-order valence-corrected chi connectivity index (χ1v) is 11.3. The van der Waals surface area contributed by atoms with Gasteiger partial charge in [-0.25, -0.2) is 13.1 Å². The summed E-state index contributed by atoms with van der Waals surface area (Å²) in [7, 11) is -3.65. The number of sulfonamides is 1. The number of hydrogen-bond donors (Lipinski definition) is 1. The van der Waals surface area contributed by atoms with Crippen molar-refractivity contribution in [1.29, 1.82) is 0 Å².